The molecule has 1 heterocycles. The third kappa shape index (κ3) is 5.66. The standard InChI is InChI=1S/C13H22N4O2S/c1-8(2)6-16-11(18)4-5-15-12(19)10-7-20-13(17-10)9(3)14/h7-9H,4-6,14H2,1-3H3,(H,15,19)(H,16,18). The Labute approximate surface area is 123 Å². The van der Waals surface area contributed by atoms with Gasteiger partial charge in [-0.2, -0.15) is 0 Å². The van der Waals surface area contributed by atoms with Crippen LogP contribution in [0.15, 0.2) is 5.38 Å². The minimum atomic E-state index is -0.273. The van der Waals surface area contributed by atoms with E-state index < -0.39 is 0 Å². The third-order valence-corrected chi connectivity index (χ3v) is 3.53. The van der Waals surface area contributed by atoms with Crippen LogP contribution >= 0.6 is 11.3 Å². The molecule has 0 bridgehead atoms. The van der Waals surface area contributed by atoms with Gasteiger partial charge < -0.3 is 16.4 Å². The molecule has 0 aliphatic heterocycles. The average molecular weight is 298 g/mol. The number of rotatable bonds is 7. The lowest BCUT2D eigenvalue weighted by molar-refractivity contribution is -0.121. The molecule has 4 N–H and O–H groups in total. The molecular weight excluding hydrogens is 276 g/mol. The first-order valence-electron chi connectivity index (χ1n) is 6.66. The largest absolute Gasteiger partial charge is 0.356 e. The van der Waals surface area contributed by atoms with Crippen LogP contribution in [0.1, 0.15) is 48.7 Å². The molecule has 1 aromatic rings. The molecule has 1 aromatic heterocycles. The van der Waals surface area contributed by atoms with E-state index in [0.717, 1.165) is 5.01 Å². The Hall–Kier alpha value is -1.47. The molecule has 1 rings (SSSR count). The zero-order valence-electron chi connectivity index (χ0n) is 12.1. The van der Waals surface area contributed by atoms with Gasteiger partial charge in [-0.15, -0.1) is 11.3 Å². The van der Waals surface area contributed by atoms with Crippen LogP contribution in [0.4, 0.5) is 0 Å². The molecule has 0 saturated carbocycles. The number of hydrogen-bond acceptors (Lipinski definition) is 5. The van der Waals surface area contributed by atoms with Crippen LogP contribution in [0.25, 0.3) is 0 Å². The number of carbonyl (C=O) groups is 2. The van der Waals surface area contributed by atoms with Crippen molar-refractivity contribution in [1.82, 2.24) is 15.6 Å². The average Bonchev–Trinajstić information content (AvgIpc) is 2.86. The van der Waals surface area contributed by atoms with Crippen LogP contribution in [0.5, 0.6) is 0 Å². The lowest BCUT2D eigenvalue weighted by Crippen LogP contribution is -2.32. The molecule has 6 nitrogen and oxygen atoms in total. The lowest BCUT2D eigenvalue weighted by Gasteiger charge is -2.07. The quantitative estimate of drug-likeness (QED) is 0.701. The van der Waals surface area contributed by atoms with Crippen molar-refractivity contribution in [2.75, 3.05) is 13.1 Å². The van der Waals surface area contributed by atoms with Gasteiger partial charge in [-0.25, -0.2) is 4.98 Å². The lowest BCUT2D eigenvalue weighted by atomic mass is 10.2. The van der Waals surface area contributed by atoms with E-state index in [9.17, 15) is 9.59 Å². The molecule has 1 atom stereocenters. The summed E-state index contributed by atoms with van der Waals surface area (Å²) in [6.07, 6.45) is 0.267. The van der Waals surface area contributed by atoms with Gasteiger partial charge >= 0.3 is 0 Å². The Kier molecular flexibility index (Phi) is 6.60. The van der Waals surface area contributed by atoms with E-state index in [-0.39, 0.29) is 24.3 Å². The number of nitrogens with one attached hydrogen (secondary N) is 2. The predicted octanol–water partition coefficient (Wildman–Crippen LogP) is 1.05. The second kappa shape index (κ2) is 7.96. The highest BCUT2D eigenvalue weighted by Gasteiger charge is 2.12. The second-order valence-electron chi connectivity index (χ2n) is 5.06. The van der Waals surface area contributed by atoms with Crippen molar-refractivity contribution in [2.24, 2.45) is 11.7 Å². The number of amides is 2. The van der Waals surface area contributed by atoms with Gasteiger partial charge in [0.15, 0.2) is 0 Å². The smallest absolute Gasteiger partial charge is 0.270 e. The van der Waals surface area contributed by atoms with Gasteiger partial charge in [-0.05, 0) is 12.8 Å². The van der Waals surface area contributed by atoms with Gasteiger partial charge in [0.2, 0.25) is 5.91 Å². The molecule has 20 heavy (non-hydrogen) atoms. The first kappa shape index (κ1) is 16.6. The number of hydrogen-bond donors (Lipinski definition) is 3. The molecule has 0 fully saturated rings. The number of thiazole rings is 1. The Morgan fingerprint density at radius 1 is 1.35 bits per heavy atom. The topological polar surface area (TPSA) is 97.1 Å². The Balaban J connectivity index is 2.30. The second-order valence-corrected chi connectivity index (χ2v) is 5.95. The Morgan fingerprint density at radius 3 is 2.60 bits per heavy atom. The van der Waals surface area contributed by atoms with Crippen LogP contribution in [0.2, 0.25) is 0 Å². The summed E-state index contributed by atoms with van der Waals surface area (Å²) in [6.45, 7) is 6.82. The van der Waals surface area contributed by atoms with Crippen LogP contribution in [-0.4, -0.2) is 29.9 Å². The fourth-order valence-electron chi connectivity index (χ4n) is 1.39. The summed E-state index contributed by atoms with van der Waals surface area (Å²) >= 11 is 1.36. The molecule has 0 aromatic carbocycles. The van der Waals surface area contributed by atoms with Gasteiger partial charge in [0.25, 0.3) is 5.91 Å². The summed E-state index contributed by atoms with van der Waals surface area (Å²) in [4.78, 5) is 27.4. The van der Waals surface area contributed by atoms with Crippen LogP contribution in [0, 0.1) is 5.92 Å². The van der Waals surface area contributed by atoms with E-state index in [1.165, 1.54) is 11.3 Å². The van der Waals surface area contributed by atoms with E-state index in [4.69, 9.17) is 5.73 Å². The van der Waals surface area contributed by atoms with Gasteiger partial charge in [0.1, 0.15) is 10.7 Å². The minimum Gasteiger partial charge on any atom is -0.356 e. The van der Waals surface area contributed by atoms with Gasteiger partial charge in [-0.3, -0.25) is 9.59 Å². The SMILES string of the molecule is CC(C)CNC(=O)CCNC(=O)c1csc(C(C)N)n1. The van der Waals surface area contributed by atoms with Crippen molar-refractivity contribution in [3.8, 4) is 0 Å². The minimum absolute atomic E-state index is 0.0615. The normalized spacial score (nSPS) is 12.2. The molecule has 112 valence electrons. The molecule has 1 unspecified atom stereocenters. The number of carbonyl (C=O) groups excluding carboxylic acids is 2. The summed E-state index contributed by atoms with van der Waals surface area (Å²) in [5, 5.41) is 7.87. The molecular formula is C13H22N4O2S. The van der Waals surface area contributed by atoms with Crippen LogP contribution in [0.3, 0.4) is 0 Å². The number of nitrogens with two attached hydrogens (primary N) is 1. The van der Waals surface area contributed by atoms with E-state index in [2.05, 4.69) is 15.6 Å². The molecule has 0 saturated heterocycles. The molecule has 0 aliphatic carbocycles. The first-order valence-corrected chi connectivity index (χ1v) is 7.54. The highest BCUT2D eigenvalue weighted by Crippen LogP contribution is 2.15. The summed E-state index contributed by atoms with van der Waals surface area (Å²) < 4.78 is 0. The van der Waals surface area contributed by atoms with Crippen molar-refractivity contribution in [2.45, 2.75) is 33.2 Å². The third-order valence-electron chi connectivity index (χ3n) is 2.49. The van der Waals surface area contributed by atoms with Crippen molar-refractivity contribution < 1.29 is 9.59 Å². The summed E-state index contributed by atoms with van der Waals surface area (Å²) in [6, 6.07) is -0.177. The molecule has 0 spiro atoms. The van der Waals surface area contributed by atoms with E-state index >= 15 is 0 Å². The van der Waals surface area contributed by atoms with E-state index in [1.807, 2.05) is 20.8 Å². The highest BCUT2D eigenvalue weighted by atomic mass is 32.1. The summed E-state index contributed by atoms with van der Waals surface area (Å²) in [5.74, 6) is 0.0820. The van der Waals surface area contributed by atoms with Crippen molar-refractivity contribution >= 4 is 23.2 Å². The monoisotopic (exact) mass is 298 g/mol. The highest BCUT2D eigenvalue weighted by molar-refractivity contribution is 7.09. The zero-order valence-corrected chi connectivity index (χ0v) is 12.9. The van der Waals surface area contributed by atoms with Gasteiger partial charge in [0, 0.05) is 24.9 Å². The van der Waals surface area contributed by atoms with Crippen LogP contribution < -0.4 is 16.4 Å². The number of nitrogens with zero attached hydrogens (tertiary/aromatic N) is 1. The van der Waals surface area contributed by atoms with Crippen molar-refractivity contribution in [3.63, 3.8) is 0 Å². The summed E-state index contributed by atoms with van der Waals surface area (Å²) in [7, 11) is 0. The maximum absolute atomic E-state index is 11.8. The fraction of sp³-hybridized carbons (Fsp3) is 0.615. The van der Waals surface area contributed by atoms with Gasteiger partial charge in [0.05, 0.1) is 6.04 Å². The van der Waals surface area contributed by atoms with Crippen LogP contribution in [-0.2, 0) is 4.79 Å². The molecule has 0 radical (unpaired) electrons. The Morgan fingerprint density at radius 2 is 2.05 bits per heavy atom. The van der Waals surface area contributed by atoms with E-state index in [1.54, 1.807) is 5.38 Å². The predicted molar refractivity (Wildman–Crippen MR) is 79.5 cm³/mol. The van der Waals surface area contributed by atoms with Crippen molar-refractivity contribution in [3.05, 3.63) is 16.1 Å². The Bertz CT molecular complexity index is 457. The van der Waals surface area contributed by atoms with Gasteiger partial charge in [-0.1, -0.05) is 13.8 Å². The maximum atomic E-state index is 11.8. The fourth-order valence-corrected chi connectivity index (χ4v) is 2.15. The molecule has 7 heteroatoms. The molecule has 0 aliphatic rings. The van der Waals surface area contributed by atoms with Crippen molar-refractivity contribution in [1.29, 1.82) is 0 Å². The molecule has 2 amide bonds. The van der Waals surface area contributed by atoms with E-state index in [0.29, 0.717) is 24.7 Å². The zero-order chi connectivity index (χ0) is 15.1. The maximum Gasteiger partial charge on any atom is 0.270 e. The number of aromatic nitrogens is 1. The summed E-state index contributed by atoms with van der Waals surface area (Å²) in [5.41, 5.74) is 6.04. The first-order chi connectivity index (χ1) is 9.40.